The summed E-state index contributed by atoms with van der Waals surface area (Å²) in [5, 5.41) is 27.0. The average Bonchev–Trinajstić information content (AvgIpc) is 2.91. The summed E-state index contributed by atoms with van der Waals surface area (Å²) in [7, 11) is 0. The predicted molar refractivity (Wildman–Crippen MR) is 150 cm³/mol. The van der Waals surface area contributed by atoms with Crippen LogP contribution in [-0.2, 0) is 0 Å². The van der Waals surface area contributed by atoms with E-state index in [9.17, 15) is 10.2 Å². The van der Waals surface area contributed by atoms with Crippen molar-refractivity contribution in [2.75, 3.05) is 0 Å². The van der Waals surface area contributed by atoms with Crippen molar-refractivity contribution in [3.63, 3.8) is 0 Å². The number of aliphatic imine (C=N–C) groups is 2. The van der Waals surface area contributed by atoms with E-state index in [4.69, 9.17) is 0 Å². The lowest BCUT2D eigenvalue weighted by Crippen LogP contribution is -1.90. The zero-order valence-corrected chi connectivity index (χ0v) is 19.3. The highest BCUT2D eigenvalue weighted by Gasteiger charge is 2.07. The quantitative estimate of drug-likeness (QED) is 0.258. The van der Waals surface area contributed by atoms with Gasteiger partial charge in [-0.25, -0.2) is 0 Å². The van der Waals surface area contributed by atoms with Crippen LogP contribution in [0.4, 0.5) is 11.4 Å². The van der Waals surface area contributed by atoms with Crippen LogP contribution >= 0.6 is 0 Å². The molecule has 0 radical (unpaired) electrons. The Morgan fingerprint density at radius 3 is 1.22 bits per heavy atom. The van der Waals surface area contributed by atoms with E-state index in [1.165, 1.54) is 0 Å². The van der Waals surface area contributed by atoms with Crippen molar-refractivity contribution in [3.05, 3.63) is 120 Å². The Labute approximate surface area is 208 Å². The summed E-state index contributed by atoms with van der Waals surface area (Å²) in [6, 6.07) is 35.1. The summed E-state index contributed by atoms with van der Waals surface area (Å²) in [6.45, 7) is 0. The molecular weight excluding hydrogens is 444 g/mol. The Morgan fingerprint density at radius 1 is 0.444 bits per heavy atom. The predicted octanol–water partition coefficient (Wildman–Crippen LogP) is 8.06. The highest BCUT2D eigenvalue weighted by Crippen LogP contribution is 2.33. The van der Waals surface area contributed by atoms with Gasteiger partial charge in [-0.2, -0.15) is 0 Å². The van der Waals surface area contributed by atoms with E-state index in [2.05, 4.69) is 9.98 Å². The fourth-order valence-corrected chi connectivity index (χ4v) is 4.49. The van der Waals surface area contributed by atoms with E-state index < -0.39 is 0 Å². The molecule has 172 valence electrons. The minimum atomic E-state index is 0.146. The van der Waals surface area contributed by atoms with E-state index >= 15 is 0 Å². The molecule has 36 heavy (non-hydrogen) atoms. The first-order valence-electron chi connectivity index (χ1n) is 11.7. The summed E-state index contributed by atoms with van der Waals surface area (Å²) in [6.07, 6.45) is 3.56. The van der Waals surface area contributed by atoms with Crippen LogP contribution in [0.25, 0.3) is 32.3 Å². The van der Waals surface area contributed by atoms with Crippen molar-refractivity contribution >= 4 is 56.1 Å². The molecule has 0 fully saturated rings. The highest BCUT2D eigenvalue weighted by molar-refractivity contribution is 6.08. The molecular formula is C32H22N2O2. The molecule has 2 N–H and O–H groups in total. The summed E-state index contributed by atoms with van der Waals surface area (Å²) in [5.74, 6) is 0.293. The van der Waals surface area contributed by atoms with Crippen molar-refractivity contribution in [2.24, 2.45) is 9.98 Å². The normalized spacial score (nSPS) is 11.9. The number of rotatable bonds is 4. The molecule has 0 spiro atoms. The second-order valence-corrected chi connectivity index (χ2v) is 8.68. The summed E-state index contributed by atoms with van der Waals surface area (Å²) in [4.78, 5) is 9.20. The van der Waals surface area contributed by atoms with Gasteiger partial charge in [-0.15, -0.1) is 0 Å². The summed E-state index contributed by atoms with van der Waals surface area (Å²) < 4.78 is 0. The molecule has 0 aromatic heterocycles. The van der Waals surface area contributed by atoms with Gasteiger partial charge in [0.2, 0.25) is 0 Å². The van der Waals surface area contributed by atoms with Crippen LogP contribution in [0.3, 0.4) is 0 Å². The molecule has 0 amide bonds. The van der Waals surface area contributed by atoms with Crippen LogP contribution in [0, 0.1) is 0 Å². The monoisotopic (exact) mass is 466 g/mol. The van der Waals surface area contributed by atoms with Crippen LogP contribution in [0.15, 0.2) is 119 Å². The maximum absolute atomic E-state index is 10.5. The minimum absolute atomic E-state index is 0.146. The molecule has 0 unspecified atom stereocenters. The van der Waals surface area contributed by atoms with Gasteiger partial charge in [0.15, 0.2) is 0 Å². The van der Waals surface area contributed by atoms with Crippen LogP contribution < -0.4 is 0 Å². The zero-order chi connectivity index (χ0) is 24.5. The van der Waals surface area contributed by atoms with Crippen molar-refractivity contribution in [2.45, 2.75) is 0 Å². The van der Waals surface area contributed by atoms with Crippen molar-refractivity contribution in [3.8, 4) is 11.5 Å². The third kappa shape index (κ3) is 4.05. The highest BCUT2D eigenvalue weighted by atomic mass is 16.3. The zero-order valence-electron chi connectivity index (χ0n) is 19.3. The Kier molecular flexibility index (Phi) is 5.39. The molecule has 0 aliphatic carbocycles. The fraction of sp³-hybridized carbons (Fsp3) is 0. The summed E-state index contributed by atoms with van der Waals surface area (Å²) >= 11 is 0. The molecule has 0 heterocycles. The number of phenolic OH excluding ortho intramolecular Hbond substituents is 2. The van der Waals surface area contributed by atoms with Gasteiger partial charge in [0.1, 0.15) is 22.9 Å². The van der Waals surface area contributed by atoms with Gasteiger partial charge in [-0.05, 0) is 56.6 Å². The Morgan fingerprint density at radius 2 is 0.806 bits per heavy atom. The lowest BCUT2D eigenvalue weighted by atomic mass is 10.0. The van der Waals surface area contributed by atoms with Gasteiger partial charge in [-0.3, -0.25) is 9.98 Å². The number of fused-ring (bicyclic) bond motifs is 3. The molecule has 0 saturated carbocycles. The first-order valence-corrected chi connectivity index (χ1v) is 11.7. The SMILES string of the molecule is Oc1cc2ccccc2cc1N=Cc1ccc(C=Nc2cc3ccccc3cc2O)c2ccccc12. The third-order valence-electron chi connectivity index (χ3n) is 6.36. The Balaban J connectivity index is 1.37. The number of nitrogens with zero attached hydrogens (tertiary/aromatic N) is 2. The Hall–Kier alpha value is -4.96. The smallest absolute Gasteiger partial charge is 0.141 e. The molecule has 0 saturated heterocycles. The lowest BCUT2D eigenvalue weighted by Gasteiger charge is -2.07. The van der Waals surface area contributed by atoms with Gasteiger partial charge in [0, 0.05) is 23.6 Å². The molecule has 0 bridgehead atoms. The van der Waals surface area contributed by atoms with Crippen LogP contribution in [-0.4, -0.2) is 22.6 Å². The lowest BCUT2D eigenvalue weighted by molar-refractivity contribution is 0.477. The maximum Gasteiger partial charge on any atom is 0.141 e. The van der Waals surface area contributed by atoms with Crippen LogP contribution in [0.2, 0.25) is 0 Å². The number of aromatic hydroxyl groups is 2. The number of benzene rings is 6. The number of hydrogen-bond acceptors (Lipinski definition) is 4. The van der Waals surface area contributed by atoms with Crippen molar-refractivity contribution in [1.29, 1.82) is 0 Å². The van der Waals surface area contributed by atoms with E-state index in [0.29, 0.717) is 11.4 Å². The molecule has 4 heteroatoms. The molecule has 4 nitrogen and oxygen atoms in total. The van der Waals surface area contributed by atoms with Gasteiger partial charge in [-0.1, -0.05) is 84.9 Å². The molecule has 0 atom stereocenters. The molecule has 6 rings (SSSR count). The molecule has 0 aliphatic heterocycles. The van der Waals surface area contributed by atoms with E-state index in [0.717, 1.165) is 43.4 Å². The first-order chi connectivity index (χ1) is 17.7. The average molecular weight is 467 g/mol. The van der Waals surface area contributed by atoms with E-state index in [-0.39, 0.29) is 11.5 Å². The second-order valence-electron chi connectivity index (χ2n) is 8.68. The largest absolute Gasteiger partial charge is 0.506 e. The standard InChI is InChI=1S/C32H22N2O2/c35-31-17-23-9-3-1-7-21(23)15-29(31)33-19-25-13-14-26(28-12-6-5-11-27(25)28)20-34-30-16-22-8-2-4-10-24(22)18-32(30)36/h1-20,35-36H. The third-order valence-corrected chi connectivity index (χ3v) is 6.36. The summed E-state index contributed by atoms with van der Waals surface area (Å²) in [5.41, 5.74) is 2.91. The van der Waals surface area contributed by atoms with Gasteiger partial charge < -0.3 is 10.2 Å². The minimum Gasteiger partial charge on any atom is -0.506 e. The van der Waals surface area contributed by atoms with Crippen molar-refractivity contribution < 1.29 is 10.2 Å². The van der Waals surface area contributed by atoms with Gasteiger partial charge >= 0.3 is 0 Å². The molecule has 6 aromatic carbocycles. The number of hydrogen-bond donors (Lipinski definition) is 2. The number of phenols is 2. The molecule has 0 aliphatic rings. The maximum atomic E-state index is 10.5. The van der Waals surface area contributed by atoms with Gasteiger partial charge in [0.25, 0.3) is 0 Å². The van der Waals surface area contributed by atoms with Crippen LogP contribution in [0.5, 0.6) is 11.5 Å². The Bertz CT molecular complexity index is 1690. The molecule has 6 aromatic rings. The van der Waals surface area contributed by atoms with Gasteiger partial charge in [0.05, 0.1) is 0 Å². The first kappa shape index (κ1) is 21.6. The topological polar surface area (TPSA) is 65.2 Å². The second kappa shape index (κ2) is 9.01. The van der Waals surface area contributed by atoms with E-state index in [1.807, 2.05) is 97.1 Å². The van der Waals surface area contributed by atoms with Crippen LogP contribution in [0.1, 0.15) is 11.1 Å². The fourth-order valence-electron chi connectivity index (χ4n) is 4.49. The van der Waals surface area contributed by atoms with E-state index in [1.54, 1.807) is 24.6 Å². The van der Waals surface area contributed by atoms with Crippen molar-refractivity contribution in [1.82, 2.24) is 0 Å².